The van der Waals surface area contributed by atoms with Crippen LogP contribution in [0.1, 0.15) is 36.7 Å². The van der Waals surface area contributed by atoms with Crippen molar-refractivity contribution in [1.82, 2.24) is 35.1 Å². The van der Waals surface area contributed by atoms with Crippen molar-refractivity contribution in [1.29, 1.82) is 5.41 Å². The summed E-state index contributed by atoms with van der Waals surface area (Å²) in [6.45, 7) is 3.89. The van der Waals surface area contributed by atoms with Gasteiger partial charge in [-0.25, -0.2) is 4.98 Å². The highest BCUT2D eigenvalue weighted by Crippen LogP contribution is 2.34. The number of nitrogens with one attached hydrogen (secondary N) is 3. The number of tetrazole rings is 1. The first-order valence-corrected chi connectivity index (χ1v) is 12.2. The number of H-pyrrole nitrogens is 1. The van der Waals surface area contributed by atoms with E-state index < -0.39 is 5.54 Å². The SMILES string of the molecule is CN(c1nn[nH]n1)C(C)(C(=O)N1CCCC1)c1ccc2c(c1)nc(CNc1ccc(C(=N)N)cc1)n2C. The largest absolute Gasteiger partial charge is 0.384 e. The van der Waals surface area contributed by atoms with Crippen LogP contribution in [0.5, 0.6) is 0 Å². The van der Waals surface area contributed by atoms with Crippen LogP contribution in [0.25, 0.3) is 11.0 Å². The zero-order chi connectivity index (χ0) is 26.2. The molecule has 5 rings (SSSR count). The average Bonchev–Trinajstić information content (AvgIpc) is 3.68. The van der Waals surface area contributed by atoms with E-state index in [2.05, 4.69) is 25.9 Å². The van der Waals surface area contributed by atoms with Crippen molar-refractivity contribution in [3.63, 3.8) is 0 Å². The molecule has 3 heterocycles. The number of aromatic nitrogens is 6. The maximum absolute atomic E-state index is 13.9. The topological polar surface area (TPSA) is 158 Å². The number of aromatic amines is 1. The molecule has 1 saturated heterocycles. The molecule has 0 spiro atoms. The predicted octanol–water partition coefficient (Wildman–Crippen LogP) is 1.96. The van der Waals surface area contributed by atoms with Crippen LogP contribution in [-0.2, 0) is 23.9 Å². The number of amides is 1. The Labute approximate surface area is 214 Å². The molecule has 1 atom stereocenters. The number of likely N-dealkylation sites (N-methyl/N-ethyl adjacent to an activating group) is 1. The van der Waals surface area contributed by atoms with Crippen molar-refractivity contribution in [3.05, 3.63) is 59.4 Å². The minimum absolute atomic E-state index is 0.00322. The maximum atomic E-state index is 13.9. The molecule has 0 bridgehead atoms. The normalized spacial score (nSPS) is 15.1. The molecule has 0 radical (unpaired) electrons. The molecule has 1 amide bonds. The summed E-state index contributed by atoms with van der Waals surface area (Å²) in [6.07, 6.45) is 2.00. The van der Waals surface area contributed by atoms with Crippen LogP contribution in [0.3, 0.4) is 0 Å². The first kappa shape index (κ1) is 24.2. The molecule has 1 fully saturated rings. The summed E-state index contributed by atoms with van der Waals surface area (Å²) in [5, 5.41) is 25.3. The van der Waals surface area contributed by atoms with E-state index >= 15 is 0 Å². The number of carbonyl (C=O) groups is 1. The Morgan fingerprint density at radius 1 is 1.22 bits per heavy atom. The first-order chi connectivity index (χ1) is 17.8. The van der Waals surface area contributed by atoms with Crippen molar-refractivity contribution in [2.24, 2.45) is 12.8 Å². The second-order valence-electron chi connectivity index (χ2n) is 9.48. The number of nitrogens with zero attached hydrogens (tertiary/aromatic N) is 7. The Balaban J connectivity index is 1.46. The Hall–Kier alpha value is -4.48. The minimum atomic E-state index is -1.04. The van der Waals surface area contributed by atoms with Crippen LogP contribution in [0.15, 0.2) is 42.5 Å². The maximum Gasteiger partial charge on any atom is 0.266 e. The number of likely N-dealkylation sites (tertiary alicyclic amines) is 1. The summed E-state index contributed by atoms with van der Waals surface area (Å²) in [6, 6.07) is 13.4. The van der Waals surface area contributed by atoms with Crippen LogP contribution < -0.4 is 16.0 Å². The highest BCUT2D eigenvalue weighted by atomic mass is 16.2. The van der Waals surface area contributed by atoms with Gasteiger partial charge >= 0.3 is 0 Å². The van der Waals surface area contributed by atoms with E-state index in [9.17, 15) is 4.79 Å². The Bertz CT molecular complexity index is 1420. The number of carbonyl (C=O) groups excluding carboxylic acids is 1. The van der Waals surface area contributed by atoms with Gasteiger partial charge in [-0.1, -0.05) is 11.2 Å². The minimum Gasteiger partial charge on any atom is -0.384 e. The number of amidine groups is 1. The third-order valence-electron chi connectivity index (χ3n) is 7.30. The molecule has 0 saturated carbocycles. The number of aryl methyl sites for hydroxylation is 1. The number of rotatable bonds is 8. The van der Waals surface area contributed by atoms with Gasteiger partial charge in [-0.15, -0.1) is 5.10 Å². The summed E-state index contributed by atoms with van der Waals surface area (Å²) < 4.78 is 2.04. The Morgan fingerprint density at radius 3 is 2.59 bits per heavy atom. The van der Waals surface area contributed by atoms with E-state index in [4.69, 9.17) is 16.1 Å². The molecule has 5 N–H and O–H groups in total. The van der Waals surface area contributed by atoms with Crippen molar-refractivity contribution < 1.29 is 4.79 Å². The molecular weight excluding hydrogens is 470 g/mol. The number of hydrogen-bond acceptors (Lipinski definition) is 8. The second kappa shape index (κ2) is 9.52. The van der Waals surface area contributed by atoms with Gasteiger partial charge in [0.25, 0.3) is 11.9 Å². The lowest BCUT2D eigenvalue weighted by Gasteiger charge is -2.39. The highest BCUT2D eigenvalue weighted by molar-refractivity contribution is 5.95. The number of hydrogen-bond donors (Lipinski definition) is 4. The fourth-order valence-electron chi connectivity index (χ4n) is 4.85. The molecule has 0 aliphatic carbocycles. The molecule has 1 unspecified atom stereocenters. The van der Waals surface area contributed by atoms with Gasteiger partial charge < -0.3 is 25.4 Å². The predicted molar refractivity (Wildman–Crippen MR) is 141 cm³/mol. The van der Waals surface area contributed by atoms with E-state index in [0.717, 1.165) is 54.0 Å². The third kappa shape index (κ3) is 4.34. The van der Waals surface area contributed by atoms with E-state index in [-0.39, 0.29) is 11.7 Å². The number of imidazole rings is 1. The molecule has 1 aliphatic rings. The van der Waals surface area contributed by atoms with Gasteiger partial charge in [-0.2, -0.15) is 5.21 Å². The lowest BCUT2D eigenvalue weighted by atomic mass is 9.88. The summed E-state index contributed by atoms with van der Waals surface area (Å²) in [7, 11) is 3.79. The third-order valence-corrected chi connectivity index (χ3v) is 7.30. The number of nitrogens with two attached hydrogens (primary N) is 1. The Morgan fingerprint density at radius 2 is 1.95 bits per heavy atom. The summed E-state index contributed by atoms with van der Waals surface area (Å²) >= 11 is 0. The lowest BCUT2D eigenvalue weighted by molar-refractivity contribution is -0.135. The fourth-order valence-corrected chi connectivity index (χ4v) is 4.85. The van der Waals surface area contributed by atoms with Crippen LogP contribution >= 0.6 is 0 Å². The molecule has 4 aromatic rings. The van der Waals surface area contributed by atoms with E-state index in [0.29, 0.717) is 18.1 Å². The van der Waals surface area contributed by atoms with Gasteiger partial charge in [-0.05, 0) is 66.9 Å². The van der Waals surface area contributed by atoms with Gasteiger partial charge in [0.1, 0.15) is 17.2 Å². The molecular formula is C25H31N11O. The van der Waals surface area contributed by atoms with Crippen molar-refractivity contribution >= 4 is 34.4 Å². The van der Waals surface area contributed by atoms with E-state index in [1.165, 1.54) is 0 Å². The lowest BCUT2D eigenvalue weighted by Crippen LogP contribution is -2.54. The fraction of sp³-hybridized carbons (Fsp3) is 0.360. The van der Waals surface area contributed by atoms with Crippen molar-refractivity contribution in [2.75, 3.05) is 30.4 Å². The highest BCUT2D eigenvalue weighted by Gasteiger charge is 2.44. The van der Waals surface area contributed by atoms with Gasteiger partial charge in [0.05, 0.1) is 17.6 Å². The summed E-state index contributed by atoms with van der Waals surface area (Å²) in [5.74, 6) is 1.24. The van der Waals surface area contributed by atoms with Crippen LogP contribution in [0, 0.1) is 5.41 Å². The molecule has 12 nitrogen and oxygen atoms in total. The standard InChI is InChI=1S/C25H31N11O/c1-25(23(37)36-12-4-5-13-36,35(3)24-30-32-33-31-24)17-8-11-20-19(14-17)29-21(34(20)2)15-28-18-9-6-16(7-10-18)22(26)27/h6-11,14,28H,4-5,12-13,15H2,1-3H3,(H3,26,27)(H,30,31,32,33). The van der Waals surface area contributed by atoms with Gasteiger partial charge in [0.15, 0.2) is 0 Å². The zero-order valence-electron chi connectivity index (χ0n) is 21.2. The van der Waals surface area contributed by atoms with Gasteiger partial charge in [0, 0.05) is 38.4 Å². The van der Waals surface area contributed by atoms with Crippen molar-refractivity contribution in [3.8, 4) is 0 Å². The van der Waals surface area contributed by atoms with E-state index in [1.54, 1.807) is 4.90 Å². The monoisotopic (exact) mass is 501 g/mol. The van der Waals surface area contributed by atoms with Crippen LogP contribution in [-0.4, -0.2) is 67.0 Å². The van der Waals surface area contributed by atoms with Crippen LogP contribution in [0.2, 0.25) is 0 Å². The second-order valence-corrected chi connectivity index (χ2v) is 9.48. The summed E-state index contributed by atoms with van der Waals surface area (Å²) in [5.41, 5.74) is 8.65. The van der Waals surface area contributed by atoms with E-state index in [1.807, 2.05) is 73.0 Å². The molecule has 1 aliphatic heterocycles. The smallest absolute Gasteiger partial charge is 0.266 e. The molecule has 12 heteroatoms. The van der Waals surface area contributed by atoms with Gasteiger partial charge in [-0.3, -0.25) is 10.2 Å². The molecule has 2 aromatic heterocycles. The molecule has 192 valence electrons. The number of fused-ring (bicyclic) bond motifs is 1. The molecule has 37 heavy (non-hydrogen) atoms. The van der Waals surface area contributed by atoms with Crippen LogP contribution in [0.4, 0.5) is 11.6 Å². The number of anilines is 2. The first-order valence-electron chi connectivity index (χ1n) is 12.2. The molecule has 2 aromatic carbocycles. The average molecular weight is 502 g/mol. The zero-order valence-corrected chi connectivity index (χ0v) is 21.2. The number of nitrogen functional groups attached to an aromatic ring is 1. The van der Waals surface area contributed by atoms with Gasteiger partial charge in [0.2, 0.25) is 0 Å². The Kier molecular flexibility index (Phi) is 6.24. The van der Waals surface area contributed by atoms with Crippen molar-refractivity contribution in [2.45, 2.75) is 31.8 Å². The quantitative estimate of drug-likeness (QED) is 0.211. The number of benzene rings is 2. The summed E-state index contributed by atoms with van der Waals surface area (Å²) in [4.78, 5) is 22.4.